The van der Waals surface area contributed by atoms with E-state index in [-0.39, 0.29) is 18.7 Å². The molecular weight excluding hydrogens is 208 g/mol. The minimum atomic E-state index is -0.221. The van der Waals surface area contributed by atoms with Gasteiger partial charge in [0.05, 0.1) is 12.1 Å². The second-order valence-corrected chi connectivity index (χ2v) is 4.10. The SMILES string of the molecule is CCCC(CCCC(CCCO)N=O)N=O. The number of rotatable bonds is 11. The molecule has 0 aromatic rings. The molecule has 0 heterocycles. The molecule has 0 saturated carbocycles. The summed E-state index contributed by atoms with van der Waals surface area (Å²) in [5, 5.41) is 14.7. The smallest absolute Gasteiger partial charge is 0.0920 e. The lowest BCUT2D eigenvalue weighted by molar-refractivity contribution is 0.277. The van der Waals surface area contributed by atoms with Crippen molar-refractivity contribution in [2.75, 3.05) is 6.61 Å². The summed E-state index contributed by atoms with van der Waals surface area (Å²) >= 11 is 0. The molecular formula is C11H22N2O3. The molecule has 0 aromatic carbocycles. The molecule has 0 spiro atoms. The molecule has 94 valence electrons. The maximum atomic E-state index is 10.5. The Bertz CT molecular complexity index is 188. The molecule has 0 aromatic heterocycles. The van der Waals surface area contributed by atoms with Crippen LogP contribution in [0.25, 0.3) is 0 Å². The van der Waals surface area contributed by atoms with E-state index in [0.717, 1.165) is 25.7 Å². The lowest BCUT2D eigenvalue weighted by Crippen LogP contribution is -2.08. The summed E-state index contributed by atoms with van der Waals surface area (Å²) in [5.74, 6) is 0. The zero-order chi connectivity index (χ0) is 12.2. The van der Waals surface area contributed by atoms with E-state index in [2.05, 4.69) is 10.4 Å². The Balaban J connectivity index is 3.66. The van der Waals surface area contributed by atoms with Gasteiger partial charge < -0.3 is 5.11 Å². The van der Waals surface area contributed by atoms with Gasteiger partial charge in [-0.1, -0.05) is 23.7 Å². The Morgan fingerprint density at radius 2 is 1.44 bits per heavy atom. The molecule has 16 heavy (non-hydrogen) atoms. The van der Waals surface area contributed by atoms with Crippen LogP contribution in [0.1, 0.15) is 51.9 Å². The normalized spacial score (nSPS) is 14.4. The van der Waals surface area contributed by atoms with Gasteiger partial charge in [0, 0.05) is 6.61 Å². The fourth-order valence-corrected chi connectivity index (χ4v) is 1.75. The minimum Gasteiger partial charge on any atom is -0.396 e. The Hall–Kier alpha value is -0.840. The summed E-state index contributed by atoms with van der Waals surface area (Å²) in [7, 11) is 0. The molecule has 0 saturated heterocycles. The zero-order valence-electron chi connectivity index (χ0n) is 9.97. The van der Waals surface area contributed by atoms with E-state index in [9.17, 15) is 9.81 Å². The van der Waals surface area contributed by atoms with Crippen LogP contribution in [0.5, 0.6) is 0 Å². The van der Waals surface area contributed by atoms with E-state index in [1.807, 2.05) is 6.92 Å². The summed E-state index contributed by atoms with van der Waals surface area (Å²) in [4.78, 5) is 20.9. The van der Waals surface area contributed by atoms with Crippen LogP contribution >= 0.6 is 0 Å². The molecule has 5 nitrogen and oxygen atoms in total. The highest BCUT2D eigenvalue weighted by Gasteiger charge is 2.11. The molecule has 1 N–H and O–H groups in total. The number of nitroso groups, excluding NO2 is 2. The average Bonchev–Trinajstić information content (AvgIpc) is 2.32. The number of nitrogens with zero attached hydrogens (tertiary/aromatic N) is 2. The van der Waals surface area contributed by atoms with Crippen molar-refractivity contribution in [3.05, 3.63) is 9.81 Å². The van der Waals surface area contributed by atoms with Crippen molar-refractivity contribution in [3.8, 4) is 0 Å². The van der Waals surface area contributed by atoms with Crippen LogP contribution in [0, 0.1) is 9.81 Å². The molecule has 5 heteroatoms. The Morgan fingerprint density at radius 1 is 0.938 bits per heavy atom. The fraction of sp³-hybridized carbons (Fsp3) is 1.00. The first-order valence-electron chi connectivity index (χ1n) is 6.04. The van der Waals surface area contributed by atoms with Crippen LogP contribution in [0.3, 0.4) is 0 Å². The summed E-state index contributed by atoms with van der Waals surface area (Å²) in [6, 6.07) is -0.337. The lowest BCUT2D eigenvalue weighted by Gasteiger charge is -2.10. The van der Waals surface area contributed by atoms with Gasteiger partial charge in [-0.25, -0.2) is 0 Å². The topological polar surface area (TPSA) is 79.1 Å². The molecule has 0 fully saturated rings. The number of aliphatic hydroxyl groups excluding tert-OH is 1. The summed E-state index contributed by atoms with van der Waals surface area (Å²) < 4.78 is 0. The fourth-order valence-electron chi connectivity index (χ4n) is 1.75. The quantitative estimate of drug-likeness (QED) is 0.554. The molecule has 0 bridgehead atoms. The van der Waals surface area contributed by atoms with Crippen molar-refractivity contribution >= 4 is 0 Å². The lowest BCUT2D eigenvalue weighted by atomic mass is 10.0. The van der Waals surface area contributed by atoms with Crippen molar-refractivity contribution in [2.24, 2.45) is 10.4 Å². The first-order chi connectivity index (χ1) is 7.78. The molecule has 2 atom stereocenters. The second-order valence-electron chi connectivity index (χ2n) is 4.10. The first-order valence-corrected chi connectivity index (χ1v) is 6.04. The van der Waals surface area contributed by atoms with E-state index in [1.54, 1.807) is 0 Å². The molecule has 0 aliphatic carbocycles. The number of hydrogen-bond acceptors (Lipinski definition) is 5. The average molecular weight is 230 g/mol. The van der Waals surface area contributed by atoms with Gasteiger partial charge in [0.15, 0.2) is 0 Å². The van der Waals surface area contributed by atoms with Crippen LogP contribution in [-0.4, -0.2) is 23.8 Å². The highest BCUT2D eigenvalue weighted by Crippen LogP contribution is 2.15. The largest absolute Gasteiger partial charge is 0.396 e. The zero-order valence-corrected chi connectivity index (χ0v) is 9.97. The van der Waals surface area contributed by atoms with Gasteiger partial charge in [0.25, 0.3) is 0 Å². The highest BCUT2D eigenvalue weighted by atomic mass is 16.3. The third-order valence-corrected chi connectivity index (χ3v) is 2.69. The van der Waals surface area contributed by atoms with Crippen molar-refractivity contribution in [3.63, 3.8) is 0 Å². The Morgan fingerprint density at radius 3 is 1.88 bits per heavy atom. The van der Waals surface area contributed by atoms with Crippen LogP contribution in [0.2, 0.25) is 0 Å². The highest BCUT2D eigenvalue weighted by molar-refractivity contribution is 4.70. The van der Waals surface area contributed by atoms with E-state index in [0.29, 0.717) is 19.3 Å². The number of aliphatic hydroxyl groups is 1. The predicted molar refractivity (Wildman–Crippen MR) is 64.2 cm³/mol. The van der Waals surface area contributed by atoms with E-state index < -0.39 is 0 Å². The van der Waals surface area contributed by atoms with Gasteiger partial charge in [-0.3, -0.25) is 0 Å². The van der Waals surface area contributed by atoms with Crippen molar-refractivity contribution in [1.82, 2.24) is 0 Å². The molecule has 2 unspecified atom stereocenters. The van der Waals surface area contributed by atoms with Crippen LogP contribution in [-0.2, 0) is 0 Å². The Kier molecular flexibility index (Phi) is 10.1. The third-order valence-electron chi connectivity index (χ3n) is 2.69. The second kappa shape index (κ2) is 10.7. The van der Waals surface area contributed by atoms with Gasteiger partial charge in [-0.2, -0.15) is 9.81 Å². The molecule has 0 radical (unpaired) electrons. The predicted octanol–water partition coefficient (Wildman–Crippen LogP) is 3.00. The first kappa shape index (κ1) is 15.2. The Labute approximate surface area is 96.6 Å². The summed E-state index contributed by atoms with van der Waals surface area (Å²) in [6.45, 7) is 2.12. The molecule has 0 amide bonds. The van der Waals surface area contributed by atoms with Crippen LogP contribution in [0.15, 0.2) is 10.4 Å². The molecule has 0 aliphatic heterocycles. The maximum absolute atomic E-state index is 10.5. The van der Waals surface area contributed by atoms with Gasteiger partial charge in [0.1, 0.15) is 0 Å². The standard InChI is InChI=1S/C11H22N2O3/c1-2-5-10(12-15)6-3-7-11(13-16)8-4-9-14/h10-11,14H,2-9H2,1H3. The van der Waals surface area contributed by atoms with E-state index >= 15 is 0 Å². The van der Waals surface area contributed by atoms with E-state index in [1.165, 1.54) is 0 Å². The van der Waals surface area contributed by atoms with Crippen LogP contribution in [0.4, 0.5) is 0 Å². The molecule has 0 aliphatic rings. The van der Waals surface area contributed by atoms with Crippen LogP contribution < -0.4 is 0 Å². The van der Waals surface area contributed by atoms with Gasteiger partial charge >= 0.3 is 0 Å². The van der Waals surface area contributed by atoms with Crippen molar-refractivity contribution < 1.29 is 5.11 Å². The van der Waals surface area contributed by atoms with Crippen molar-refractivity contribution in [1.29, 1.82) is 0 Å². The third kappa shape index (κ3) is 7.45. The summed E-state index contributed by atoms with van der Waals surface area (Å²) in [6.07, 6.45) is 5.25. The minimum absolute atomic E-state index is 0.0976. The monoisotopic (exact) mass is 230 g/mol. The van der Waals surface area contributed by atoms with Gasteiger partial charge in [-0.15, -0.1) is 0 Å². The van der Waals surface area contributed by atoms with Gasteiger partial charge in [0.2, 0.25) is 0 Å². The van der Waals surface area contributed by atoms with E-state index in [4.69, 9.17) is 5.11 Å². The van der Waals surface area contributed by atoms with Crippen molar-refractivity contribution in [2.45, 2.75) is 64.0 Å². The number of hydrogen-bond donors (Lipinski definition) is 1. The summed E-state index contributed by atoms with van der Waals surface area (Å²) in [5.41, 5.74) is 0. The van der Waals surface area contributed by atoms with Gasteiger partial charge in [-0.05, 0) is 38.5 Å². The maximum Gasteiger partial charge on any atom is 0.0920 e. The molecule has 0 rings (SSSR count).